The molecule has 1 aliphatic carbocycles. The fourth-order valence-electron chi connectivity index (χ4n) is 5.93. The molecule has 2 aromatic rings. The average Bonchev–Trinajstić information content (AvgIpc) is 3.57. The number of likely N-dealkylation sites (tertiary alicyclic amines) is 1. The van der Waals surface area contributed by atoms with Crippen molar-refractivity contribution < 1.29 is 23.8 Å². The highest BCUT2D eigenvalue weighted by Crippen LogP contribution is 2.37. The van der Waals surface area contributed by atoms with E-state index in [4.69, 9.17) is 14.5 Å². The standard InChI is InChI=1S/C29H37FN2O4/c30-21-11-13-24(27-9-5-17-36-27)25(18-21)28(29(33)34)32-15-14-23(19-32)35-16-4-3-7-22-12-10-20-6-1-2-8-26(20)31-22/h10-13,18,23,27-28H,1-9,14-17,19H2,(H,33,34)/t23-,27?,28?/m1/s1. The molecule has 1 N–H and O–H groups in total. The molecule has 3 atom stereocenters. The summed E-state index contributed by atoms with van der Waals surface area (Å²) in [5.74, 6) is -1.38. The fourth-order valence-corrected chi connectivity index (χ4v) is 5.93. The van der Waals surface area contributed by atoms with E-state index in [2.05, 4.69) is 12.1 Å². The topological polar surface area (TPSA) is 71.9 Å². The lowest BCUT2D eigenvalue weighted by Crippen LogP contribution is -2.34. The molecule has 194 valence electrons. The molecule has 5 rings (SSSR count). The number of fused-ring (bicyclic) bond motifs is 1. The lowest BCUT2D eigenvalue weighted by Gasteiger charge is -2.28. The van der Waals surface area contributed by atoms with Gasteiger partial charge in [0.25, 0.3) is 0 Å². The second-order valence-electron chi connectivity index (χ2n) is 10.4. The van der Waals surface area contributed by atoms with E-state index in [1.54, 1.807) is 6.07 Å². The van der Waals surface area contributed by atoms with Crippen LogP contribution in [0.25, 0.3) is 0 Å². The molecule has 1 aromatic heterocycles. The number of hydrogen-bond donors (Lipinski definition) is 1. The molecule has 3 aliphatic rings. The number of unbranched alkanes of at least 4 members (excludes halogenated alkanes) is 1. The molecule has 3 heterocycles. The zero-order chi connectivity index (χ0) is 24.9. The van der Waals surface area contributed by atoms with Crippen LogP contribution in [-0.2, 0) is 33.5 Å². The van der Waals surface area contributed by atoms with E-state index >= 15 is 0 Å². The van der Waals surface area contributed by atoms with Gasteiger partial charge >= 0.3 is 5.97 Å². The van der Waals surface area contributed by atoms with Crippen LogP contribution in [0, 0.1) is 5.82 Å². The van der Waals surface area contributed by atoms with E-state index < -0.39 is 17.8 Å². The number of carbonyl (C=O) groups is 1. The Morgan fingerprint density at radius 1 is 1.17 bits per heavy atom. The Balaban J connectivity index is 1.12. The molecular formula is C29H37FN2O4. The van der Waals surface area contributed by atoms with Crippen molar-refractivity contribution in [1.29, 1.82) is 0 Å². The minimum absolute atomic E-state index is 0.00606. The number of nitrogens with zero attached hydrogens (tertiary/aromatic N) is 2. The van der Waals surface area contributed by atoms with Gasteiger partial charge in [0.2, 0.25) is 0 Å². The van der Waals surface area contributed by atoms with Gasteiger partial charge in [-0.05, 0) is 99.1 Å². The van der Waals surface area contributed by atoms with Crippen molar-refractivity contribution in [1.82, 2.24) is 9.88 Å². The molecule has 0 bridgehead atoms. The number of aliphatic carboxylic acids is 1. The van der Waals surface area contributed by atoms with Crippen LogP contribution in [0.15, 0.2) is 30.3 Å². The zero-order valence-corrected chi connectivity index (χ0v) is 21.0. The third-order valence-corrected chi connectivity index (χ3v) is 7.81. The van der Waals surface area contributed by atoms with Gasteiger partial charge in [-0.1, -0.05) is 12.1 Å². The molecule has 0 spiro atoms. The van der Waals surface area contributed by atoms with E-state index in [9.17, 15) is 14.3 Å². The van der Waals surface area contributed by atoms with Gasteiger partial charge in [0.1, 0.15) is 11.9 Å². The summed E-state index contributed by atoms with van der Waals surface area (Å²) in [4.78, 5) is 19.1. The number of carboxylic acid groups (broad SMARTS) is 1. The number of aryl methyl sites for hydroxylation is 3. The van der Waals surface area contributed by atoms with Crippen molar-refractivity contribution in [3.05, 3.63) is 64.2 Å². The minimum atomic E-state index is -0.960. The monoisotopic (exact) mass is 496 g/mol. The van der Waals surface area contributed by atoms with Gasteiger partial charge < -0.3 is 14.6 Å². The van der Waals surface area contributed by atoms with Crippen LogP contribution in [0.2, 0.25) is 0 Å². The van der Waals surface area contributed by atoms with Gasteiger partial charge in [0.15, 0.2) is 0 Å². The largest absolute Gasteiger partial charge is 0.480 e. The summed E-state index contributed by atoms with van der Waals surface area (Å²) < 4.78 is 26.1. The van der Waals surface area contributed by atoms with Crippen LogP contribution in [0.1, 0.15) is 85.2 Å². The number of aromatic nitrogens is 1. The third-order valence-electron chi connectivity index (χ3n) is 7.81. The third kappa shape index (κ3) is 5.96. The first-order chi connectivity index (χ1) is 17.6. The Morgan fingerprint density at radius 2 is 2.06 bits per heavy atom. The first-order valence-corrected chi connectivity index (χ1v) is 13.6. The summed E-state index contributed by atoms with van der Waals surface area (Å²) in [6.07, 6.45) is 10.1. The van der Waals surface area contributed by atoms with Gasteiger partial charge in [0.05, 0.1) is 12.2 Å². The number of halogens is 1. The molecule has 2 fully saturated rings. The fraction of sp³-hybridized carbons (Fsp3) is 0.586. The highest BCUT2D eigenvalue weighted by Gasteiger charge is 2.37. The minimum Gasteiger partial charge on any atom is -0.480 e. The molecular weight excluding hydrogens is 459 g/mol. The second kappa shape index (κ2) is 11.8. The van der Waals surface area contributed by atoms with Gasteiger partial charge in [-0.3, -0.25) is 14.7 Å². The predicted molar refractivity (Wildman–Crippen MR) is 134 cm³/mol. The number of rotatable bonds is 10. The molecule has 0 amide bonds. The maximum atomic E-state index is 14.2. The maximum absolute atomic E-state index is 14.2. The SMILES string of the molecule is O=C(O)C(c1cc(F)ccc1C1CCCO1)N1CC[C@@H](OCCCCc2ccc3c(n2)CCCC3)C1. The first-order valence-electron chi connectivity index (χ1n) is 13.6. The van der Waals surface area contributed by atoms with Gasteiger partial charge in [0, 0.05) is 37.7 Å². The predicted octanol–water partition coefficient (Wildman–Crippen LogP) is 5.19. The highest BCUT2D eigenvalue weighted by molar-refractivity contribution is 5.76. The molecule has 7 heteroatoms. The van der Waals surface area contributed by atoms with E-state index in [1.165, 1.54) is 41.9 Å². The summed E-state index contributed by atoms with van der Waals surface area (Å²) in [6, 6.07) is 7.99. The Labute approximate surface area is 212 Å². The summed E-state index contributed by atoms with van der Waals surface area (Å²) in [7, 11) is 0. The van der Waals surface area contributed by atoms with Crippen LogP contribution in [-0.4, -0.2) is 53.4 Å². The van der Waals surface area contributed by atoms with Crippen molar-refractivity contribution in [3.63, 3.8) is 0 Å². The molecule has 6 nitrogen and oxygen atoms in total. The quantitative estimate of drug-likeness (QED) is 0.457. The van der Waals surface area contributed by atoms with E-state index in [0.717, 1.165) is 56.9 Å². The van der Waals surface area contributed by atoms with Gasteiger partial charge in [-0.15, -0.1) is 0 Å². The molecule has 0 saturated carbocycles. The van der Waals surface area contributed by atoms with Gasteiger partial charge in [-0.2, -0.15) is 0 Å². The van der Waals surface area contributed by atoms with Gasteiger partial charge in [-0.25, -0.2) is 4.39 Å². The van der Waals surface area contributed by atoms with Crippen molar-refractivity contribution >= 4 is 5.97 Å². The van der Waals surface area contributed by atoms with Crippen LogP contribution >= 0.6 is 0 Å². The average molecular weight is 497 g/mol. The Hall–Kier alpha value is -2.35. The maximum Gasteiger partial charge on any atom is 0.325 e. The summed E-state index contributed by atoms with van der Waals surface area (Å²) in [5, 5.41) is 10.1. The number of benzene rings is 1. The summed E-state index contributed by atoms with van der Waals surface area (Å²) in [5.41, 5.74) is 5.17. The second-order valence-corrected chi connectivity index (χ2v) is 10.4. The number of hydrogen-bond acceptors (Lipinski definition) is 5. The van der Waals surface area contributed by atoms with Crippen LogP contribution in [0.5, 0.6) is 0 Å². The zero-order valence-electron chi connectivity index (χ0n) is 21.0. The Kier molecular flexibility index (Phi) is 8.29. The van der Waals surface area contributed by atoms with E-state index in [0.29, 0.717) is 31.9 Å². The number of carboxylic acids is 1. The molecule has 2 unspecified atom stereocenters. The Morgan fingerprint density at radius 3 is 2.89 bits per heavy atom. The van der Waals surface area contributed by atoms with E-state index in [1.807, 2.05) is 4.90 Å². The molecule has 36 heavy (non-hydrogen) atoms. The molecule has 0 radical (unpaired) electrons. The summed E-state index contributed by atoms with van der Waals surface area (Å²) in [6.45, 7) is 2.46. The molecule has 2 aliphatic heterocycles. The number of ether oxygens (including phenoxy) is 2. The van der Waals surface area contributed by atoms with Crippen molar-refractivity contribution in [2.24, 2.45) is 0 Å². The first kappa shape index (κ1) is 25.3. The van der Waals surface area contributed by atoms with Crippen LogP contribution < -0.4 is 0 Å². The smallest absolute Gasteiger partial charge is 0.325 e. The normalized spacial score (nSPS) is 23.0. The lowest BCUT2D eigenvalue weighted by atomic mass is 9.94. The van der Waals surface area contributed by atoms with Crippen LogP contribution in [0.3, 0.4) is 0 Å². The molecule has 2 saturated heterocycles. The van der Waals surface area contributed by atoms with Crippen molar-refractivity contribution in [3.8, 4) is 0 Å². The van der Waals surface area contributed by atoms with Crippen LogP contribution in [0.4, 0.5) is 4.39 Å². The van der Waals surface area contributed by atoms with Crippen molar-refractivity contribution in [2.75, 3.05) is 26.3 Å². The summed E-state index contributed by atoms with van der Waals surface area (Å²) >= 11 is 0. The Bertz CT molecular complexity index is 1060. The van der Waals surface area contributed by atoms with Crippen molar-refractivity contribution in [2.45, 2.75) is 82.5 Å². The molecule has 1 aromatic carbocycles. The number of pyridine rings is 1. The highest BCUT2D eigenvalue weighted by atomic mass is 19.1. The lowest BCUT2D eigenvalue weighted by molar-refractivity contribution is -0.143. The van der Waals surface area contributed by atoms with E-state index in [-0.39, 0.29) is 12.2 Å².